The van der Waals surface area contributed by atoms with Crippen LogP contribution in [0, 0.1) is 5.92 Å². The van der Waals surface area contributed by atoms with Gasteiger partial charge in [0.2, 0.25) is 0 Å². The van der Waals surface area contributed by atoms with Crippen LogP contribution in [0.15, 0.2) is 0 Å². The fourth-order valence-electron chi connectivity index (χ4n) is 2.89. The first-order chi connectivity index (χ1) is 8.29. The Morgan fingerprint density at radius 1 is 1.06 bits per heavy atom. The number of alkyl halides is 1. The van der Waals surface area contributed by atoms with E-state index in [0.717, 1.165) is 17.3 Å². The molecule has 0 saturated carbocycles. The van der Waals surface area contributed by atoms with Crippen molar-refractivity contribution < 1.29 is 0 Å². The third-order valence-corrected chi connectivity index (χ3v) is 4.87. The lowest BCUT2D eigenvalue weighted by Gasteiger charge is -2.24. The summed E-state index contributed by atoms with van der Waals surface area (Å²) in [4.78, 5) is 2.70. The second-order valence-electron chi connectivity index (χ2n) is 5.64. The quantitative estimate of drug-likeness (QED) is 0.435. The summed E-state index contributed by atoms with van der Waals surface area (Å²) in [6.07, 6.45) is 11.4. The van der Waals surface area contributed by atoms with E-state index in [0.29, 0.717) is 0 Å². The molecule has 0 radical (unpaired) electrons. The molecule has 1 aliphatic rings. The predicted molar refractivity (Wildman–Crippen MR) is 80.9 cm³/mol. The lowest BCUT2D eigenvalue weighted by Crippen LogP contribution is -2.34. The zero-order valence-electron chi connectivity index (χ0n) is 11.8. The Morgan fingerprint density at radius 2 is 1.71 bits per heavy atom. The minimum absolute atomic E-state index is 0.801. The molecule has 102 valence electrons. The van der Waals surface area contributed by atoms with Crippen molar-refractivity contribution in [2.24, 2.45) is 5.92 Å². The maximum absolute atomic E-state index is 3.67. The average molecular weight is 304 g/mol. The van der Waals surface area contributed by atoms with Gasteiger partial charge in [0.25, 0.3) is 0 Å². The van der Waals surface area contributed by atoms with Gasteiger partial charge in [0.15, 0.2) is 0 Å². The van der Waals surface area contributed by atoms with E-state index in [2.05, 4.69) is 34.7 Å². The molecule has 0 amide bonds. The van der Waals surface area contributed by atoms with Crippen molar-refractivity contribution in [1.82, 2.24) is 4.90 Å². The normalized spacial score (nSPS) is 25.6. The Hall–Kier alpha value is 0.440. The van der Waals surface area contributed by atoms with Gasteiger partial charge in [-0.25, -0.2) is 0 Å². The van der Waals surface area contributed by atoms with Gasteiger partial charge >= 0.3 is 0 Å². The van der Waals surface area contributed by atoms with Crippen molar-refractivity contribution in [3.63, 3.8) is 0 Å². The highest BCUT2D eigenvalue weighted by Gasteiger charge is 2.29. The molecule has 1 saturated heterocycles. The van der Waals surface area contributed by atoms with Crippen molar-refractivity contribution in [3.8, 4) is 0 Å². The molecule has 2 atom stereocenters. The molecule has 0 N–H and O–H groups in total. The van der Waals surface area contributed by atoms with Gasteiger partial charge in [0, 0.05) is 11.4 Å². The fraction of sp³-hybridized carbons (Fsp3) is 1.00. The summed E-state index contributed by atoms with van der Waals surface area (Å²) in [5, 5.41) is 1.16. The summed E-state index contributed by atoms with van der Waals surface area (Å²) in [6, 6.07) is 0.801. The third-order valence-electron chi connectivity index (χ3n) is 4.20. The number of rotatable bonds is 9. The Labute approximate surface area is 116 Å². The molecule has 0 aromatic heterocycles. The van der Waals surface area contributed by atoms with Crippen molar-refractivity contribution in [2.75, 3.05) is 18.4 Å². The largest absolute Gasteiger partial charge is 0.299 e. The molecule has 2 heteroatoms. The number of nitrogens with zero attached hydrogens (tertiary/aromatic N) is 1. The Balaban J connectivity index is 1.99. The van der Waals surface area contributed by atoms with E-state index in [-0.39, 0.29) is 0 Å². The van der Waals surface area contributed by atoms with E-state index in [1.807, 2.05) is 0 Å². The van der Waals surface area contributed by atoms with Gasteiger partial charge in [0.1, 0.15) is 0 Å². The number of unbranched alkanes of at least 4 members (excludes halogenated alkanes) is 6. The van der Waals surface area contributed by atoms with Crippen LogP contribution in [-0.4, -0.2) is 29.4 Å². The molecule has 1 heterocycles. The SMILES string of the molecule is CCCCCCCCCN1CCC(C)C1CBr. The van der Waals surface area contributed by atoms with Gasteiger partial charge < -0.3 is 0 Å². The highest BCUT2D eigenvalue weighted by Crippen LogP contribution is 2.25. The molecular formula is C15H30BrN. The van der Waals surface area contributed by atoms with Crippen molar-refractivity contribution in [1.29, 1.82) is 0 Å². The van der Waals surface area contributed by atoms with Crippen LogP contribution in [0.2, 0.25) is 0 Å². The lowest BCUT2D eigenvalue weighted by molar-refractivity contribution is 0.246. The maximum atomic E-state index is 3.67. The van der Waals surface area contributed by atoms with Crippen molar-refractivity contribution in [2.45, 2.75) is 71.3 Å². The first-order valence-corrected chi connectivity index (χ1v) is 8.71. The van der Waals surface area contributed by atoms with Crippen LogP contribution in [0.4, 0.5) is 0 Å². The Bertz CT molecular complexity index is 184. The van der Waals surface area contributed by atoms with E-state index in [1.165, 1.54) is 64.5 Å². The first kappa shape index (κ1) is 15.5. The smallest absolute Gasteiger partial charge is 0.0218 e. The summed E-state index contributed by atoms with van der Waals surface area (Å²) in [5.41, 5.74) is 0. The number of hydrogen-bond donors (Lipinski definition) is 0. The summed E-state index contributed by atoms with van der Waals surface area (Å²) in [6.45, 7) is 7.34. The van der Waals surface area contributed by atoms with Gasteiger partial charge in [-0.1, -0.05) is 68.3 Å². The molecule has 1 rings (SSSR count). The number of likely N-dealkylation sites (tertiary alicyclic amines) is 1. The average Bonchev–Trinajstić information content (AvgIpc) is 2.69. The lowest BCUT2D eigenvalue weighted by atomic mass is 10.0. The molecule has 0 aliphatic carbocycles. The molecule has 0 spiro atoms. The zero-order valence-corrected chi connectivity index (χ0v) is 13.3. The second kappa shape index (κ2) is 9.38. The fourth-order valence-corrected chi connectivity index (χ4v) is 3.93. The van der Waals surface area contributed by atoms with Gasteiger partial charge in [-0.05, 0) is 31.8 Å². The van der Waals surface area contributed by atoms with Crippen LogP contribution >= 0.6 is 15.9 Å². The summed E-state index contributed by atoms with van der Waals surface area (Å²) >= 11 is 3.67. The minimum atomic E-state index is 0.801. The third kappa shape index (κ3) is 5.74. The highest BCUT2D eigenvalue weighted by molar-refractivity contribution is 9.09. The van der Waals surface area contributed by atoms with E-state index in [9.17, 15) is 0 Å². The van der Waals surface area contributed by atoms with Crippen LogP contribution < -0.4 is 0 Å². The summed E-state index contributed by atoms with van der Waals surface area (Å²) < 4.78 is 0. The van der Waals surface area contributed by atoms with Crippen molar-refractivity contribution in [3.05, 3.63) is 0 Å². The minimum Gasteiger partial charge on any atom is -0.299 e. The molecule has 1 fully saturated rings. The standard InChI is InChI=1S/C15H30BrN/c1-3-4-5-6-7-8-9-11-17-12-10-14(2)15(17)13-16/h14-15H,3-13H2,1-2H3. The van der Waals surface area contributed by atoms with Gasteiger partial charge in [-0.2, -0.15) is 0 Å². The van der Waals surface area contributed by atoms with E-state index in [1.54, 1.807) is 0 Å². The Kier molecular flexibility index (Phi) is 8.55. The van der Waals surface area contributed by atoms with E-state index in [4.69, 9.17) is 0 Å². The second-order valence-corrected chi connectivity index (χ2v) is 6.29. The molecule has 17 heavy (non-hydrogen) atoms. The molecule has 0 bridgehead atoms. The molecule has 0 aromatic rings. The molecule has 2 unspecified atom stereocenters. The first-order valence-electron chi connectivity index (χ1n) is 7.59. The van der Waals surface area contributed by atoms with Gasteiger partial charge in [-0.15, -0.1) is 0 Å². The molecule has 1 aliphatic heterocycles. The highest BCUT2D eigenvalue weighted by atomic mass is 79.9. The topological polar surface area (TPSA) is 3.24 Å². The van der Waals surface area contributed by atoms with Crippen LogP contribution in [0.1, 0.15) is 65.2 Å². The maximum Gasteiger partial charge on any atom is 0.0218 e. The molecule has 1 nitrogen and oxygen atoms in total. The zero-order chi connectivity index (χ0) is 12.5. The van der Waals surface area contributed by atoms with E-state index >= 15 is 0 Å². The molecule has 0 aromatic carbocycles. The molecular weight excluding hydrogens is 274 g/mol. The predicted octanol–water partition coefficient (Wildman–Crippen LogP) is 4.84. The van der Waals surface area contributed by atoms with Crippen LogP contribution in [0.3, 0.4) is 0 Å². The summed E-state index contributed by atoms with van der Waals surface area (Å²) in [7, 11) is 0. The monoisotopic (exact) mass is 303 g/mol. The van der Waals surface area contributed by atoms with Crippen LogP contribution in [0.25, 0.3) is 0 Å². The van der Waals surface area contributed by atoms with Gasteiger partial charge in [0.05, 0.1) is 0 Å². The number of hydrogen-bond acceptors (Lipinski definition) is 1. The Morgan fingerprint density at radius 3 is 2.35 bits per heavy atom. The number of halogens is 1. The van der Waals surface area contributed by atoms with E-state index < -0.39 is 0 Å². The van der Waals surface area contributed by atoms with Crippen LogP contribution in [-0.2, 0) is 0 Å². The summed E-state index contributed by atoms with van der Waals surface area (Å²) in [5.74, 6) is 0.888. The van der Waals surface area contributed by atoms with Crippen molar-refractivity contribution >= 4 is 15.9 Å². The van der Waals surface area contributed by atoms with Gasteiger partial charge in [-0.3, -0.25) is 4.90 Å². The van der Waals surface area contributed by atoms with Crippen LogP contribution in [0.5, 0.6) is 0 Å².